The van der Waals surface area contributed by atoms with Crippen molar-refractivity contribution in [3.63, 3.8) is 0 Å². The van der Waals surface area contributed by atoms with E-state index in [1.165, 1.54) is 111 Å². The van der Waals surface area contributed by atoms with Crippen molar-refractivity contribution < 1.29 is 0 Å². The van der Waals surface area contributed by atoms with Gasteiger partial charge in [-0.05, 0) is 127 Å². The lowest BCUT2D eigenvalue weighted by atomic mass is 9.70. The van der Waals surface area contributed by atoms with Gasteiger partial charge in [0.2, 0.25) is 0 Å². The maximum Gasteiger partial charge on any atom is 0.0725 e. The van der Waals surface area contributed by atoms with E-state index in [2.05, 4.69) is 247 Å². The van der Waals surface area contributed by atoms with E-state index in [1.807, 2.05) is 0 Å². The van der Waals surface area contributed by atoms with Crippen LogP contribution >= 0.6 is 0 Å². The monoisotopic (exact) mass is 827 g/mol. The van der Waals surface area contributed by atoms with E-state index in [0.717, 1.165) is 12.8 Å². The molecule has 0 radical (unpaired) electrons. The van der Waals surface area contributed by atoms with Crippen LogP contribution in [-0.4, -0.2) is 4.57 Å². The van der Waals surface area contributed by atoms with Gasteiger partial charge in [0.25, 0.3) is 0 Å². The Labute approximate surface area is 380 Å². The smallest absolute Gasteiger partial charge is 0.0725 e. The van der Waals surface area contributed by atoms with Crippen molar-refractivity contribution in [2.45, 2.75) is 24.2 Å². The van der Waals surface area contributed by atoms with Crippen LogP contribution in [0.3, 0.4) is 0 Å². The molecule has 0 saturated carbocycles. The van der Waals surface area contributed by atoms with Crippen molar-refractivity contribution in [2.75, 3.05) is 0 Å². The summed E-state index contributed by atoms with van der Waals surface area (Å²) in [5.41, 5.74) is 23.4. The van der Waals surface area contributed by atoms with E-state index < -0.39 is 0 Å². The number of hydrogen-bond donors (Lipinski definition) is 0. The minimum atomic E-state index is -0.336. The number of aryl methyl sites for hydroxylation is 1. The molecular weight excluding hydrogens is 783 g/mol. The number of fused-ring (bicyclic) bond motifs is 13. The first-order chi connectivity index (χ1) is 32.3. The molecule has 10 aromatic carbocycles. The highest BCUT2D eigenvalue weighted by Crippen LogP contribution is 2.63. The van der Waals surface area contributed by atoms with E-state index in [0.29, 0.717) is 0 Å². The quantitative estimate of drug-likeness (QED) is 0.144. The summed E-state index contributed by atoms with van der Waals surface area (Å²) < 4.78 is 2.39. The zero-order chi connectivity index (χ0) is 42.9. The number of rotatable bonds is 8. The first-order valence-electron chi connectivity index (χ1n) is 23.0. The van der Waals surface area contributed by atoms with E-state index in [9.17, 15) is 0 Å². The van der Waals surface area contributed by atoms with Crippen molar-refractivity contribution >= 4 is 21.8 Å². The Morgan fingerprint density at radius 1 is 0.354 bits per heavy atom. The second kappa shape index (κ2) is 15.1. The van der Waals surface area contributed by atoms with Crippen LogP contribution in [0.4, 0.5) is 0 Å². The number of nitrogens with zero attached hydrogens (tertiary/aromatic N) is 1. The normalized spacial score (nSPS) is 13.4. The Balaban J connectivity index is 0.893. The molecule has 65 heavy (non-hydrogen) atoms. The van der Waals surface area contributed by atoms with Gasteiger partial charge < -0.3 is 4.57 Å². The second-order valence-electron chi connectivity index (χ2n) is 17.8. The van der Waals surface area contributed by atoms with Crippen LogP contribution in [0.1, 0.15) is 51.3 Å². The summed E-state index contributed by atoms with van der Waals surface area (Å²) in [5, 5.41) is 2.54. The van der Waals surface area contributed by atoms with E-state index in [1.54, 1.807) is 0 Å². The van der Waals surface area contributed by atoms with Crippen LogP contribution < -0.4 is 0 Å². The molecule has 2 aliphatic rings. The lowest BCUT2D eigenvalue weighted by Crippen LogP contribution is -2.25. The maximum absolute atomic E-state index is 2.41. The van der Waals surface area contributed by atoms with E-state index in [-0.39, 0.29) is 11.3 Å². The summed E-state index contributed by atoms with van der Waals surface area (Å²) in [5.74, 6) is 0.203. The van der Waals surface area contributed by atoms with Gasteiger partial charge in [-0.1, -0.05) is 212 Å². The minimum absolute atomic E-state index is 0.203. The first kappa shape index (κ1) is 37.5. The Bertz CT molecular complexity index is 3530. The number of para-hydroxylation sites is 2. The summed E-state index contributed by atoms with van der Waals surface area (Å²) in [6.07, 6.45) is 1.93. The zero-order valence-electron chi connectivity index (χ0n) is 36.0. The molecule has 0 amide bonds. The molecule has 1 aromatic heterocycles. The third kappa shape index (κ3) is 5.79. The fourth-order valence-electron chi connectivity index (χ4n) is 11.7. The highest BCUT2D eigenvalue weighted by atomic mass is 15.0. The van der Waals surface area contributed by atoms with Crippen molar-refractivity contribution in [2.24, 2.45) is 0 Å². The Morgan fingerprint density at radius 3 is 1.52 bits per heavy atom. The van der Waals surface area contributed by atoms with Crippen LogP contribution in [-0.2, 0) is 11.8 Å². The fourth-order valence-corrected chi connectivity index (χ4v) is 11.7. The van der Waals surface area contributed by atoms with Crippen molar-refractivity contribution in [1.82, 2.24) is 4.57 Å². The Hall–Kier alpha value is -8.00. The minimum Gasteiger partial charge on any atom is -0.309 e. The van der Waals surface area contributed by atoms with Crippen molar-refractivity contribution in [3.05, 3.63) is 282 Å². The third-order valence-corrected chi connectivity index (χ3v) is 14.6. The standard InChI is InChI=1S/C64H45N/c1-3-16-43(17-4-1)44-30-34-46(35-31-44)51(47-36-32-45(33-37-47)49-39-41-62-56(42-49)54-23-10-14-29-61(54)65(62)50-19-5-2-6-20-50)40-38-48-18-15-28-60-63(48)55-24-9-13-27-59(55)64(60)57-25-11-7-21-52(57)53-22-8-12-26-58(53)64/h1-37,39,41-42,51H,38,40H2. The molecule has 1 heterocycles. The zero-order valence-corrected chi connectivity index (χ0v) is 36.0. The molecule has 0 N–H and O–H groups in total. The molecule has 0 bridgehead atoms. The van der Waals surface area contributed by atoms with Crippen LogP contribution in [0, 0.1) is 0 Å². The summed E-state index contributed by atoms with van der Waals surface area (Å²) >= 11 is 0. The van der Waals surface area contributed by atoms with Gasteiger partial charge in [-0.25, -0.2) is 0 Å². The predicted molar refractivity (Wildman–Crippen MR) is 271 cm³/mol. The molecule has 0 saturated heterocycles. The first-order valence-corrected chi connectivity index (χ1v) is 23.0. The number of aromatic nitrogens is 1. The van der Waals surface area contributed by atoms with Gasteiger partial charge >= 0.3 is 0 Å². The third-order valence-electron chi connectivity index (χ3n) is 14.6. The molecular formula is C64H45N. The number of hydrogen-bond acceptors (Lipinski definition) is 0. The molecule has 306 valence electrons. The molecule has 0 aliphatic heterocycles. The molecule has 2 aliphatic carbocycles. The fraction of sp³-hybridized carbons (Fsp3) is 0.0625. The Kier molecular flexibility index (Phi) is 8.71. The van der Waals surface area contributed by atoms with Gasteiger partial charge in [-0.2, -0.15) is 0 Å². The highest BCUT2D eigenvalue weighted by Gasteiger charge is 2.51. The van der Waals surface area contributed by atoms with E-state index >= 15 is 0 Å². The highest BCUT2D eigenvalue weighted by molar-refractivity contribution is 6.10. The van der Waals surface area contributed by atoms with Crippen LogP contribution in [0.25, 0.3) is 72.0 Å². The van der Waals surface area contributed by atoms with Crippen LogP contribution in [0.5, 0.6) is 0 Å². The molecule has 0 fully saturated rings. The molecule has 11 aromatic rings. The second-order valence-corrected chi connectivity index (χ2v) is 17.8. The molecule has 1 heteroatoms. The van der Waals surface area contributed by atoms with Crippen LogP contribution in [0.15, 0.2) is 243 Å². The summed E-state index contributed by atoms with van der Waals surface area (Å²) in [6, 6.07) is 90.5. The summed E-state index contributed by atoms with van der Waals surface area (Å²) in [6.45, 7) is 0. The molecule has 1 atom stereocenters. The topological polar surface area (TPSA) is 4.93 Å². The maximum atomic E-state index is 2.41. The lowest BCUT2D eigenvalue weighted by Gasteiger charge is -2.30. The SMILES string of the molecule is c1ccc(-c2ccc(C(CCc3cccc4c3-c3ccccc3C43c4ccccc4-c4ccccc43)c3ccc(-c4ccc5c(c4)c4ccccc4n5-c4ccccc4)cc3)cc2)cc1. The predicted octanol–water partition coefficient (Wildman–Crippen LogP) is 16.2. The van der Waals surface area contributed by atoms with Crippen molar-refractivity contribution in [1.29, 1.82) is 0 Å². The molecule has 1 nitrogen and oxygen atoms in total. The lowest BCUT2D eigenvalue weighted by molar-refractivity contribution is 0.715. The van der Waals surface area contributed by atoms with Gasteiger partial charge in [0.15, 0.2) is 0 Å². The average molecular weight is 828 g/mol. The summed E-state index contributed by atoms with van der Waals surface area (Å²) in [7, 11) is 0. The summed E-state index contributed by atoms with van der Waals surface area (Å²) in [4.78, 5) is 0. The van der Waals surface area contributed by atoms with E-state index in [4.69, 9.17) is 0 Å². The molecule has 13 rings (SSSR count). The van der Waals surface area contributed by atoms with Gasteiger partial charge in [-0.3, -0.25) is 0 Å². The van der Waals surface area contributed by atoms with Gasteiger partial charge in [0.1, 0.15) is 0 Å². The molecule has 1 unspecified atom stereocenters. The average Bonchev–Trinajstić information content (AvgIpc) is 3.99. The van der Waals surface area contributed by atoms with Gasteiger partial charge in [-0.15, -0.1) is 0 Å². The van der Waals surface area contributed by atoms with Gasteiger partial charge in [0, 0.05) is 22.4 Å². The Morgan fingerprint density at radius 2 is 0.846 bits per heavy atom. The van der Waals surface area contributed by atoms with Crippen LogP contribution in [0.2, 0.25) is 0 Å². The van der Waals surface area contributed by atoms with Crippen molar-refractivity contribution in [3.8, 4) is 50.2 Å². The van der Waals surface area contributed by atoms with Gasteiger partial charge in [0.05, 0.1) is 16.4 Å². The largest absolute Gasteiger partial charge is 0.309 e. The molecule has 1 spiro atoms. The number of benzene rings is 10.